The van der Waals surface area contributed by atoms with Crippen LogP contribution in [0.3, 0.4) is 0 Å². The monoisotopic (exact) mass is 257 g/mol. The standard InChI is InChI=1S/C9H12BrN3O/c1-13(14-2)9-7(10)5-11-8(12-9)6-3-4-6/h5-6H,3-4H2,1-2H3. The highest BCUT2D eigenvalue weighted by Gasteiger charge is 2.27. The van der Waals surface area contributed by atoms with Gasteiger partial charge in [0.2, 0.25) is 0 Å². The van der Waals surface area contributed by atoms with Gasteiger partial charge in [0.25, 0.3) is 0 Å². The molecule has 5 heteroatoms. The largest absolute Gasteiger partial charge is 0.276 e. The Hall–Kier alpha value is -0.680. The van der Waals surface area contributed by atoms with Gasteiger partial charge in [0, 0.05) is 19.2 Å². The van der Waals surface area contributed by atoms with Crippen molar-refractivity contribution in [2.45, 2.75) is 18.8 Å². The van der Waals surface area contributed by atoms with Gasteiger partial charge in [0.1, 0.15) is 5.82 Å². The van der Waals surface area contributed by atoms with Crippen LogP contribution in [-0.2, 0) is 4.84 Å². The highest BCUT2D eigenvalue weighted by atomic mass is 79.9. The molecule has 1 heterocycles. The van der Waals surface area contributed by atoms with Crippen LogP contribution in [0.2, 0.25) is 0 Å². The van der Waals surface area contributed by atoms with E-state index in [4.69, 9.17) is 4.84 Å². The minimum absolute atomic E-state index is 0.562. The molecule has 1 aliphatic rings. The normalized spacial score (nSPS) is 15.6. The lowest BCUT2D eigenvalue weighted by Crippen LogP contribution is -2.17. The maximum Gasteiger partial charge on any atom is 0.170 e. The van der Waals surface area contributed by atoms with E-state index in [9.17, 15) is 0 Å². The number of nitrogens with zero attached hydrogens (tertiary/aromatic N) is 3. The van der Waals surface area contributed by atoms with Crippen LogP contribution in [-0.4, -0.2) is 24.1 Å². The second-order valence-electron chi connectivity index (χ2n) is 3.35. The summed E-state index contributed by atoms with van der Waals surface area (Å²) in [5, 5.41) is 1.62. The molecule has 0 aliphatic heterocycles. The fourth-order valence-corrected chi connectivity index (χ4v) is 1.66. The molecule has 4 nitrogen and oxygen atoms in total. The van der Waals surface area contributed by atoms with Crippen LogP contribution in [0, 0.1) is 0 Å². The summed E-state index contributed by atoms with van der Waals surface area (Å²) in [6, 6.07) is 0. The van der Waals surface area contributed by atoms with E-state index in [1.54, 1.807) is 18.4 Å². The van der Waals surface area contributed by atoms with Crippen molar-refractivity contribution in [3.8, 4) is 0 Å². The summed E-state index contributed by atoms with van der Waals surface area (Å²) < 4.78 is 0.853. The lowest BCUT2D eigenvalue weighted by molar-refractivity contribution is 0.182. The first kappa shape index (κ1) is 9.86. The number of hydrogen-bond acceptors (Lipinski definition) is 4. The van der Waals surface area contributed by atoms with Gasteiger partial charge < -0.3 is 0 Å². The van der Waals surface area contributed by atoms with Crippen molar-refractivity contribution in [1.29, 1.82) is 0 Å². The molecule has 14 heavy (non-hydrogen) atoms. The predicted octanol–water partition coefficient (Wildman–Crippen LogP) is 2.11. The minimum Gasteiger partial charge on any atom is -0.276 e. The van der Waals surface area contributed by atoms with Crippen molar-refractivity contribution < 1.29 is 4.84 Å². The zero-order valence-electron chi connectivity index (χ0n) is 8.20. The molecule has 0 saturated heterocycles. The summed E-state index contributed by atoms with van der Waals surface area (Å²) in [5.74, 6) is 2.27. The molecule has 2 rings (SSSR count). The highest BCUT2D eigenvalue weighted by Crippen LogP contribution is 2.39. The molecule has 0 aromatic carbocycles. The lowest BCUT2D eigenvalue weighted by atomic mass is 10.4. The van der Waals surface area contributed by atoms with E-state index >= 15 is 0 Å². The van der Waals surface area contributed by atoms with Crippen molar-refractivity contribution in [1.82, 2.24) is 9.97 Å². The van der Waals surface area contributed by atoms with Gasteiger partial charge in [-0.2, -0.15) is 0 Å². The molecule has 1 fully saturated rings. The fraction of sp³-hybridized carbons (Fsp3) is 0.556. The number of rotatable bonds is 3. The Labute approximate surface area is 91.4 Å². The molecule has 1 saturated carbocycles. The Kier molecular flexibility index (Phi) is 2.69. The second-order valence-corrected chi connectivity index (χ2v) is 4.21. The highest BCUT2D eigenvalue weighted by molar-refractivity contribution is 9.10. The zero-order chi connectivity index (χ0) is 10.1. The van der Waals surface area contributed by atoms with Gasteiger partial charge in [-0.15, -0.1) is 0 Å². The molecular formula is C9H12BrN3O. The van der Waals surface area contributed by atoms with Gasteiger partial charge >= 0.3 is 0 Å². The van der Waals surface area contributed by atoms with E-state index in [0.717, 1.165) is 16.1 Å². The molecular weight excluding hydrogens is 246 g/mol. The van der Waals surface area contributed by atoms with E-state index in [0.29, 0.717) is 5.92 Å². The van der Waals surface area contributed by atoms with E-state index in [-0.39, 0.29) is 0 Å². The molecule has 0 spiro atoms. The first-order valence-corrected chi connectivity index (χ1v) is 5.32. The van der Waals surface area contributed by atoms with Crippen LogP contribution >= 0.6 is 15.9 Å². The van der Waals surface area contributed by atoms with Crippen molar-refractivity contribution in [2.75, 3.05) is 19.2 Å². The Balaban J connectivity index is 2.31. The molecule has 1 aliphatic carbocycles. The Morgan fingerprint density at radius 1 is 1.57 bits per heavy atom. The fourth-order valence-electron chi connectivity index (χ4n) is 1.22. The predicted molar refractivity (Wildman–Crippen MR) is 57.1 cm³/mol. The maximum atomic E-state index is 5.09. The third kappa shape index (κ3) is 1.88. The minimum atomic E-state index is 0.562. The molecule has 0 amide bonds. The summed E-state index contributed by atoms with van der Waals surface area (Å²) in [7, 11) is 3.44. The van der Waals surface area contributed by atoms with Gasteiger partial charge in [0.05, 0.1) is 11.6 Å². The van der Waals surface area contributed by atoms with Crippen LogP contribution in [0.25, 0.3) is 0 Å². The summed E-state index contributed by atoms with van der Waals surface area (Å²) in [5.41, 5.74) is 0. The number of aromatic nitrogens is 2. The van der Waals surface area contributed by atoms with Crippen LogP contribution in [0.15, 0.2) is 10.7 Å². The van der Waals surface area contributed by atoms with E-state index in [1.165, 1.54) is 12.8 Å². The second kappa shape index (κ2) is 3.82. The Morgan fingerprint density at radius 3 is 2.86 bits per heavy atom. The number of halogens is 1. The van der Waals surface area contributed by atoms with Crippen LogP contribution in [0.4, 0.5) is 5.82 Å². The summed E-state index contributed by atoms with van der Waals surface area (Å²) in [6.45, 7) is 0. The average Bonchev–Trinajstić information content (AvgIpc) is 3.01. The smallest absolute Gasteiger partial charge is 0.170 e. The lowest BCUT2D eigenvalue weighted by Gasteiger charge is -2.16. The summed E-state index contributed by atoms with van der Waals surface area (Å²) in [6.07, 6.45) is 4.20. The molecule has 0 unspecified atom stereocenters. The quantitative estimate of drug-likeness (QED) is 0.778. The zero-order valence-corrected chi connectivity index (χ0v) is 9.78. The Morgan fingerprint density at radius 2 is 2.29 bits per heavy atom. The van der Waals surface area contributed by atoms with E-state index < -0.39 is 0 Å². The molecule has 0 N–H and O–H groups in total. The SMILES string of the molecule is CON(C)c1nc(C2CC2)ncc1Br. The Bertz CT molecular complexity index is 341. The molecule has 0 bridgehead atoms. The van der Waals surface area contributed by atoms with Crippen molar-refractivity contribution in [2.24, 2.45) is 0 Å². The molecule has 76 valence electrons. The van der Waals surface area contributed by atoms with Gasteiger partial charge in [-0.05, 0) is 28.8 Å². The van der Waals surface area contributed by atoms with Gasteiger partial charge in [-0.1, -0.05) is 0 Å². The first-order valence-electron chi connectivity index (χ1n) is 4.52. The molecule has 1 aromatic rings. The molecule has 0 radical (unpaired) electrons. The van der Waals surface area contributed by atoms with Crippen molar-refractivity contribution in [3.05, 3.63) is 16.5 Å². The first-order chi connectivity index (χ1) is 6.72. The topological polar surface area (TPSA) is 38.2 Å². The van der Waals surface area contributed by atoms with Crippen molar-refractivity contribution in [3.63, 3.8) is 0 Å². The number of anilines is 1. The van der Waals surface area contributed by atoms with Gasteiger partial charge in [0.15, 0.2) is 5.82 Å². The van der Waals surface area contributed by atoms with Crippen LogP contribution in [0.5, 0.6) is 0 Å². The van der Waals surface area contributed by atoms with Crippen molar-refractivity contribution >= 4 is 21.7 Å². The van der Waals surface area contributed by atoms with Crippen LogP contribution < -0.4 is 5.06 Å². The maximum absolute atomic E-state index is 5.09. The van der Waals surface area contributed by atoms with Gasteiger partial charge in [-0.25, -0.2) is 15.0 Å². The van der Waals surface area contributed by atoms with Crippen LogP contribution in [0.1, 0.15) is 24.6 Å². The molecule has 0 atom stereocenters. The third-order valence-electron chi connectivity index (χ3n) is 2.26. The average molecular weight is 258 g/mol. The number of hydroxylamine groups is 1. The molecule has 1 aromatic heterocycles. The van der Waals surface area contributed by atoms with E-state index in [1.807, 2.05) is 7.05 Å². The number of hydrogen-bond donors (Lipinski definition) is 0. The van der Waals surface area contributed by atoms with Gasteiger partial charge in [-0.3, -0.25) is 4.84 Å². The summed E-state index contributed by atoms with van der Waals surface area (Å²) in [4.78, 5) is 13.8. The summed E-state index contributed by atoms with van der Waals surface area (Å²) >= 11 is 3.39. The third-order valence-corrected chi connectivity index (χ3v) is 2.82. The van der Waals surface area contributed by atoms with E-state index in [2.05, 4.69) is 25.9 Å².